The normalized spacial score (nSPS) is 13.5. The molecule has 13 aromatic rings. The maximum Gasteiger partial charge on any atom is 0.135 e. The molecule has 286 valence electrons. The molecule has 0 saturated carbocycles. The van der Waals surface area contributed by atoms with Crippen LogP contribution in [-0.2, 0) is 5.41 Å². The first kappa shape index (κ1) is 33.4. The highest BCUT2D eigenvalue weighted by Gasteiger charge is 2.38. The van der Waals surface area contributed by atoms with Crippen molar-refractivity contribution in [3.63, 3.8) is 0 Å². The summed E-state index contributed by atoms with van der Waals surface area (Å²) in [6, 6.07) is 67.3. The van der Waals surface area contributed by atoms with Crippen LogP contribution in [0.25, 0.3) is 119 Å². The van der Waals surface area contributed by atoms with Crippen LogP contribution in [0.4, 0.5) is 0 Å². The van der Waals surface area contributed by atoms with Gasteiger partial charge in [0.25, 0.3) is 0 Å². The zero-order valence-electron chi connectivity index (χ0n) is 33.5. The zero-order valence-corrected chi connectivity index (χ0v) is 34.3. The van der Waals surface area contributed by atoms with Crippen molar-refractivity contribution in [3.8, 4) is 33.6 Å². The Labute approximate surface area is 354 Å². The van der Waals surface area contributed by atoms with Crippen molar-refractivity contribution in [1.82, 2.24) is 9.13 Å². The van der Waals surface area contributed by atoms with Crippen molar-refractivity contribution in [2.45, 2.75) is 19.3 Å². The first-order valence-electron chi connectivity index (χ1n) is 21.1. The highest BCUT2D eigenvalue weighted by Crippen LogP contribution is 2.54. The fourth-order valence-electron chi connectivity index (χ4n) is 11.0. The van der Waals surface area contributed by atoms with Crippen LogP contribution in [-0.4, -0.2) is 9.13 Å². The Morgan fingerprint density at radius 2 is 0.967 bits per heavy atom. The van der Waals surface area contributed by atoms with Gasteiger partial charge in [-0.2, -0.15) is 0 Å². The third-order valence-electron chi connectivity index (χ3n) is 13.7. The molecule has 4 aromatic heterocycles. The topological polar surface area (TPSA) is 23.0 Å². The molecule has 0 N–H and O–H groups in total. The molecular weight excluding hydrogens is 761 g/mol. The van der Waals surface area contributed by atoms with E-state index in [-0.39, 0.29) is 5.41 Å². The van der Waals surface area contributed by atoms with Gasteiger partial charge in [-0.3, -0.25) is 0 Å². The number of hydrogen-bond acceptors (Lipinski definition) is 2. The molecule has 0 fully saturated rings. The van der Waals surface area contributed by atoms with Crippen molar-refractivity contribution >= 4 is 97.1 Å². The third kappa shape index (κ3) is 4.47. The van der Waals surface area contributed by atoms with Gasteiger partial charge in [0.15, 0.2) is 0 Å². The van der Waals surface area contributed by atoms with Gasteiger partial charge in [0.2, 0.25) is 0 Å². The highest BCUT2D eigenvalue weighted by atomic mass is 32.1. The zero-order chi connectivity index (χ0) is 40.1. The van der Waals surface area contributed by atoms with Gasteiger partial charge in [-0.05, 0) is 106 Å². The first-order valence-corrected chi connectivity index (χ1v) is 21.9. The summed E-state index contributed by atoms with van der Waals surface area (Å²) in [5.41, 5.74) is 16.6. The van der Waals surface area contributed by atoms with Gasteiger partial charge in [0, 0.05) is 69.3 Å². The molecule has 3 nitrogen and oxygen atoms in total. The molecule has 61 heavy (non-hydrogen) atoms. The average Bonchev–Trinajstić information content (AvgIpc) is 4.09. The van der Waals surface area contributed by atoms with Crippen molar-refractivity contribution in [2.75, 3.05) is 0 Å². The van der Waals surface area contributed by atoms with E-state index in [1.54, 1.807) is 0 Å². The lowest BCUT2D eigenvalue weighted by molar-refractivity contribution is 0.666. The van der Waals surface area contributed by atoms with E-state index in [9.17, 15) is 0 Å². The smallest absolute Gasteiger partial charge is 0.135 e. The predicted octanol–water partition coefficient (Wildman–Crippen LogP) is 16.1. The van der Waals surface area contributed by atoms with E-state index in [1.807, 2.05) is 23.5 Å². The Balaban J connectivity index is 0.954. The number of furan rings is 1. The average molecular weight is 797 g/mol. The summed E-state index contributed by atoms with van der Waals surface area (Å²) >= 11 is 1.90. The van der Waals surface area contributed by atoms with Crippen molar-refractivity contribution in [2.24, 2.45) is 0 Å². The van der Waals surface area contributed by atoms with Crippen LogP contribution >= 0.6 is 11.3 Å². The molecular formula is C57H36N2OS. The van der Waals surface area contributed by atoms with Gasteiger partial charge in [-0.25, -0.2) is 0 Å². The number of nitrogens with zero attached hydrogens (tertiary/aromatic N) is 2. The summed E-state index contributed by atoms with van der Waals surface area (Å²) in [7, 11) is 0. The molecule has 9 aromatic carbocycles. The van der Waals surface area contributed by atoms with E-state index in [1.165, 1.54) is 103 Å². The number of rotatable bonds is 3. The van der Waals surface area contributed by atoms with Gasteiger partial charge in [-0.15, -0.1) is 11.3 Å². The fourth-order valence-corrected chi connectivity index (χ4v) is 12.1. The number of fused-ring (bicyclic) bond motifs is 16. The molecule has 0 radical (unpaired) electrons. The largest absolute Gasteiger partial charge is 0.456 e. The fraction of sp³-hybridized carbons (Fsp3) is 0.0526. The molecule has 4 heterocycles. The third-order valence-corrected chi connectivity index (χ3v) is 14.8. The molecule has 1 aliphatic rings. The van der Waals surface area contributed by atoms with E-state index < -0.39 is 0 Å². The van der Waals surface area contributed by atoms with Gasteiger partial charge in [0.1, 0.15) is 11.2 Å². The first-order chi connectivity index (χ1) is 30.0. The number of para-hydroxylation sites is 3. The lowest BCUT2D eigenvalue weighted by Crippen LogP contribution is -2.15. The van der Waals surface area contributed by atoms with Crippen LogP contribution in [0.5, 0.6) is 0 Å². The van der Waals surface area contributed by atoms with Crippen LogP contribution in [0, 0.1) is 0 Å². The summed E-state index contributed by atoms with van der Waals surface area (Å²) in [6.45, 7) is 4.84. The van der Waals surface area contributed by atoms with Gasteiger partial charge < -0.3 is 13.6 Å². The second-order valence-corrected chi connectivity index (χ2v) is 18.3. The van der Waals surface area contributed by atoms with E-state index >= 15 is 0 Å². The summed E-state index contributed by atoms with van der Waals surface area (Å²) in [4.78, 5) is 0. The molecule has 1 aliphatic carbocycles. The molecule has 0 unspecified atom stereocenters. The number of hydrogen-bond donors (Lipinski definition) is 0. The lowest BCUT2D eigenvalue weighted by atomic mass is 9.80. The van der Waals surface area contributed by atoms with E-state index in [2.05, 4.69) is 193 Å². The van der Waals surface area contributed by atoms with Crippen molar-refractivity contribution in [3.05, 3.63) is 193 Å². The van der Waals surface area contributed by atoms with Crippen LogP contribution in [0.1, 0.15) is 25.0 Å². The standard InChI is InChI=1S/C57H36N2OS/c1-57(2)46-32-36(21-25-37(46)43-26-28-54-55(56(43)57)44-14-6-10-18-53(44)61-54)59-48-16-8-4-12-39(48)41-24-20-34(30-50(41)59)33-19-23-40-38-11-3-7-15-47(38)58(49(40)29-33)35-22-27-52-45(31-35)42-13-5-9-17-51(42)60-52/h3-32H,1-2H3. The highest BCUT2D eigenvalue weighted by molar-refractivity contribution is 7.25. The van der Waals surface area contributed by atoms with E-state index in [0.29, 0.717) is 0 Å². The van der Waals surface area contributed by atoms with Crippen molar-refractivity contribution < 1.29 is 4.42 Å². The Morgan fingerprint density at radius 1 is 0.410 bits per heavy atom. The Bertz CT molecular complexity index is 4040. The molecule has 0 aliphatic heterocycles. The minimum Gasteiger partial charge on any atom is -0.456 e. The molecule has 0 atom stereocenters. The maximum absolute atomic E-state index is 6.24. The second-order valence-electron chi connectivity index (χ2n) is 17.3. The number of thiophene rings is 1. The summed E-state index contributed by atoms with van der Waals surface area (Å²) in [5.74, 6) is 0. The number of aromatic nitrogens is 2. The lowest BCUT2D eigenvalue weighted by Gasteiger charge is -2.23. The molecule has 4 heteroatoms. The Hall–Kier alpha value is -7.40. The minimum atomic E-state index is -0.170. The number of benzene rings is 9. The van der Waals surface area contributed by atoms with Gasteiger partial charge in [0.05, 0.1) is 22.1 Å². The molecule has 14 rings (SSSR count). The van der Waals surface area contributed by atoms with Crippen LogP contribution < -0.4 is 0 Å². The van der Waals surface area contributed by atoms with E-state index in [0.717, 1.165) is 27.6 Å². The van der Waals surface area contributed by atoms with Gasteiger partial charge in [-0.1, -0.05) is 123 Å². The minimum absolute atomic E-state index is 0.170. The summed E-state index contributed by atoms with van der Waals surface area (Å²) in [5, 5.41) is 10.0. The quantitative estimate of drug-likeness (QED) is 0.175. The van der Waals surface area contributed by atoms with Crippen molar-refractivity contribution in [1.29, 1.82) is 0 Å². The van der Waals surface area contributed by atoms with Gasteiger partial charge >= 0.3 is 0 Å². The van der Waals surface area contributed by atoms with E-state index in [4.69, 9.17) is 4.42 Å². The van der Waals surface area contributed by atoms with Crippen LogP contribution in [0.3, 0.4) is 0 Å². The molecule has 0 saturated heterocycles. The maximum atomic E-state index is 6.24. The SMILES string of the molecule is CC1(C)c2cc(-n3c4ccccc4c4ccc(-c5ccc6c7ccccc7n(-c7ccc8oc9ccccc9c8c7)c6c5)cc43)ccc2-c2ccc3sc4ccccc4c3c21. The second kappa shape index (κ2) is 11.9. The summed E-state index contributed by atoms with van der Waals surface area (Å²) < 4.78 is 13.9. The summed E-state index contributed by atoms with van der Waals surface area (Å²) in [6.07, 6.45) is 0. The molecule has 0 amide bonds. The monoisotopic (exact) mass is 796 g/mol. The predicted molar refractivity (Wildman–Crippen MR) is 258 cm³/mol. The Kier molecular flexibility index (Phi) is 6.51. The molecule has 0 bridgehead atoms. The van der Waals surface area contributed by atoms with Crippen LogP contribution in [0.2, 0.25) is 0 Å². The van der Waals surface area contributed by atoms with Crippen LogP contribution in [0.15, 0.2) is 186 Å². The molecule has 0 spiro atoms. The Morgan fingerprint density at radius 3 is 1.69 bits per heavy atom.